The summed E-state index contributed by atoms with van der Waals surface area (Å²) in [5, 5.41) is 8.92. The van der Waals surface area contributed by atoms with E-state index in [0.29, 0.717) is 25.9 Å². The lowest BCUT2D eigenvalue weighted by atomic mass is 9.97. The summed E-state index contributed by atoms with van der Waals surface area (Å²) in [5.41, 5.74) is 2.32. The number of fused-ring (bicyclic) bond motifs is 1. The van der Waals surface area contributed by atoms with Crippen LogP contribution in [-0.4, -0.2) is 31.4 Å². The molecule has 21 heavy (non-hydrogen) atoms. The van der Waals surface area contributed by atoms with E-state index in [4.69, 9.17) is 0 Å². The molecular weight excluding hydrogens is 266 g/mol. The molecule has 1 heterocycles. The molecule has 1 aromatic carbocycles. The molecule has 5 heteroatoms. The lowest BCUT2D eigenvalue weighted by molar-refractivity contribution is -0.122. The Hall–Kier alpha value is -2.04. The summed E-state index contributed by atoms with van der Waals surface area (Å²) in [7, 11) is 0. The SMILES string of the molecule is CCCNC(=O)CCNC(=O)CC1CNc2ccccc21. The summed E-state index contributed by atoms with van der Waals surface area (Å²) in [6.45, 7) is 3.90. The molecule has 114 valence electrons. The monoisotopic (exact) mass is 289 g/mol. The molecule has 2 amide bonds. The van der Waals surface area contributed by atoms with Gasteiger partial charge in [-0.1, -0.05) is 25.1 Å². The van der Waals surface area contributed by atoms with Gasteiger partial charge in [0.1, 0.15) is 0 Å². The van der Waals surface area contributed by atoms with Crippen LogP contribution in [0.3, 0.4) is 0 Å². The minimum atomic E-state index is -0.00923. The van der Waals surface area contributed by atoms with Crippen molar-refractivity contribution in [1.29, 1.82) is 0 Å². The average molecular weight is 289 g/mol. The molecule has 3 N–H and O–H groups in total. The van der Waals surface area contributed by atoms with E-state index in [2.05, 4.69) is 22.0 Å². The third kappa shape index (κ3) is 4.48. The molecule has 0 bridgehead atoms. The number of nitrogens with one attached hydrogen (secondary N) is 3. The highest BCUT2D eigenvalue weighted by Gasteiger charge is 2.23. The van der Waals surface area contributed by atoms with Gasteiger partial charge < -0.3 is 16.0 Å². The van der Waals surface area contributed by atoms with Crippen molar-refractivity contribution in [1.82, 2.24) is 10.6 Å². The van der Waals surface area contributed by atoms with E-state index in [1.807, 2.05) is 25.1 Å². The van der Waals surface area contributed by atoms with E-state index in [-0.39, 0.29) is 17.7 Å². The second-order valence-electron chi connectivity index (χ2n) is 5.32. The zero-order chi connectivity index (χ0) is 15.1. The first-order chi connectivity index (χ1) is 10.2. The van der Waals surface area contributed by atoms with Crippen molar-refractivity contribution in [2.24, 2.45) is 0 Å². The van der Waals surface area contributed by atoms with Gasteiger partial charge in [-0.25, -0.2) is 0 Å². The van der Waals surface area contributed by atoms with Gasteiger partial charge in [-0.3, -0.25) is 9.59 Å². The Bertz CT molecular complexity index is 502. The second-order valence-corrected chi connectivity index (χ2v) is 5.32. The highest BCUT2D eigenvalue weighted by Crippen LogP contribution is 2.32. The number of amides is 2. The molecule has 0 saturated heterocycles. The Balaban J connectivity index is 1.70. The van der Waals surface area contributed by atoms with Gasteiger partial charge in [-0.05, 0) is 18.1 Å². The molecule has 0 fully saturated rings. The number of carbonyl (C=O) groups excluding carboxylic acids is 2. The summed E-state index contributed by atoms with van der Waals surface area (Å²) < 4.78 is 0. The van der Waals surface area contributed by atoms with E-state index in [1.54, 1.807) is 0 Å². The first kappa shape index (κ1) is 15.4. The smallest absolute Gasteiger partial charge is 0.221 e. The predicted molar refractivity (Wildman–Crippen MR) is 83.2 cm³/mol. The Kier molecular flexibility index (Phi) is 5.60. The van der Waals surface area contributed by atoms with Gasteiger partial charge in [-0.2, -0.15) is 0 Å². The summed E-state index contributed by atoms with van der Waals surface area (Å²) in [5.74, 6) is 0.210. The van der Waals surface area contributed by atoms with Crippen LogP contribution in [0.1, 0.15) is 37.7 Å². The van der Waals surface area contributed by atoms with Gasteiger partial charge in [0, 0.05) is 44.1 Å². The van der Waals surface area contributed by atoms with E-state index in [0.717, 1.165) is 18.7 Å². The fourth-order valence-electron chi connectivity index (χ4n) is 2.50. The highest BCUT2D eigenvalue weighted by molar-refractivity contribution is 5.80. The molecule has 2 rings (SSSR count). The van der Waals surface area contributed by atoms with Crippen LogP contribution in [-0.2, 0) is 9.59 Å². The molecule has 0 radical (unpaired) electrons. The number of hydrogen-bond acceptors (Lipinski definition) is 3. The van der Waals surface area contributed by atoms with Crippen LogP contribution in [0.4, 0.5) is 5.69 Å². The molecule has 1 unspecified atom stereocenters. The molecule has 1 atom stereocenters. The maximum atomic E-state index is 11.9. The Morgan fingerprint density at radius 1 is 1.19 bits per heavy atom. The van der Waals surface area contributed by atoms with E-state index in [9.17, 15) is 9.59 Å². The van der Waals surface area contributed by atoms with Crippen LogP contribution < -0.4 is 16.0 Å². The molecule has 0 saturated carbocycles. The van der Waals surface area contributed by atoms with Crippen molar-refractivity contribution >= 4 is 17.5 Å². The van der Waals surface area contributed by atoms with Crippen LogP contribution in [0.2, 0.25) is 0 Å². The van der Waals surface area contributed by atoms with Gasteiger partial charge >= 0.3 is 0 Å². The predicted octanol–water partition coefficient (Wildman–Crippen LogP) is 1.62. The van der Waals surface area contributed by atoms with Gasteiger partial charge in [0.2, 0.25) is 11.8 Å². The lowest BCUT2D eigenvalue weighted by Gasteiger charge is -2.10. The minimum absolute atomic E-state index is 0.00166. The van der Waals surface area contributed by atoms with Crippen LogP contribution in [0.25, 0.3) is 0 Å². The molecular formula is C16H23N3O2. The summed E-state index contributed by atoms with van der Waals surface area (Å²) in [6, 6.07) is 8.08. The highest BCUT2D eigenvalue weighted by atomic mass is 16.2. The first-order valence-corrected chi connectivity index (χ1v) is 7.57. The first-order valence-electron chi connectivity index (χ1n) is 7.57. The Morgan fingerprint density at radius 3 is 2.76 bits per heavy atom. The van der Waals surface area contributed by atoms with Gasteiger partial charge in [0.25, 0.3) is 0 Å². The van der Waals surface area contributed by atoms with Crippen molar-refractivity contribution in [2.75, 3.05) is 25.0 Å². The van der Waals surface area contributed by atoms with Gasteiger partial charge in [0.05, 0.1) is 0 Å². The Morgan fingerprint density at radius 2 is 1.95 bits per heavy atom. The third-order valence-corrected chi connectivity index (χ3v) is 3.62. The number of carbonyl (C=O) groups is 2. The maximum Gasteiger partial charge on any atom is 0.221 e. The van der Waals surface area contributed by atoms with Gasteiger partial charge in [0.15, 0.2) is 0 Å². The quantitative estimate of drug-likeness (QED) is 0.714. The van der Waals surface area contributed by atoms with Crippen LogP contribution in [0.15, 0.2) is 24.3 Å². The zero-order valence-corrected chi connectivity index (χ0v) is 12.4. The maximum absolute atomic E-state index is 11.9. The molecule has 0 aliphatic carbocycles. The van der Waals surface area contributed by atoms with Crippen LogP contribution in [0.5, 0.6) is 0 Å². The van der Waals surface area contributed by atoms with Gasteiger partial charge in [-0.15, -0.1) is 0 Å². The second kappa shape index (κ2) is 7.67. The molecule has 1 aromatic rings. The normalized spacial score (nSPS) is 16.0. The number of rotatable bonds is 7. The number of hydrogen-bond donors (Lipinski definition) is 3. The fraction of sp³-hybridized carbons (Fsp3) is 0.500. The molecule has 1 aliphatic heterocycles. The largest absolute Gasteiger partial charge is 0.384 e. The number of para-hydroxylation sites is 1. The average Bonchev–Trinajstić information content (AvgIpc) is 2.88. The van der Waals surface area contributed by atoms with Crippen molar-refractivity contribution in [3.05, 3.63) is 29.8 Å². The lowest BCUT2D eigenvalue weighted by Crippen LogP contribution is -2.31. The summed E-state index contributed by atoms with van der Waals surface area (Å²) >= 11 is 0. The third-order valence-electron chi connectivity index (χ3n) is 3.62. The Labute approximate surface area is 125 Å². The standard InChI is InChI=1S/C16H23N3O2/c1-2-8-17-15(20)7-9-18-16(21)10-12-11-19-14-6-4-3-5-13(12)14/h3-6,12,19H,2,7-11H2,1H3,(H,17,20)(H,18,21). The van der Waals surface area contributed by atoms with Crippen molar-refractivity contribution in [2.45, 2.75) is 32.1 Å². The van der Waals surface area contributed by atoms with Crippen molar-refractivity contribution < 1.29 is 9.59 Å². The van der Waals surface area contributed by atoms with Crippen LogP contribution >= 0.6 is 0 Å². The molecule has 5 nitrogen and oxygen atoms in total. The topological polar surface area (TPSA) is 70.2 Å². The molecule has 0 spiro atoms. The van der Waals surface area contributed by atoms with Crippen LogP contribution in [0, 0.1) is 0 Å². The summed E-state index contributed by atoms with van der Waals surface area (Å²) in [6.07, 6.45) is 1.72. The molecule has 0 aromatic heterocycles. The minimum Gasteiger partial charge on any atom is -0.384 e. The number of anilines is 1. The van der Waals surface area contributed by atoms with E-state index in [1.165, 1.54) is 5.56 Å². The van der Waals surface area contributed by atoms with E-state index >= 15 is 0 Å². The zero-order valence-electron chi connectivity index (χ0n) is 12.4. The molecule has 1 aliphatic rings. The van der Waals surface area contributed by atoms with E-state index < -0.39 is 0 Å². The van der Waals surface area contributed by atoms with Crippen molar-refractivity contribution in [3.8, 4) is 0 Å². The fourth-order valence-corrected chi connectivity index (χ4v) is 2.50. The summed E-state index contributed by atoms with van der Waals surface area (Å²) in [4.78, 5) is 23.4. The van der Waals surface area contributed by atoms with Crippen molar-refractivity contribution in [3.63, 3.8) is 0 Å². The number of benzene rings is 1.